The van der Waals surface area contributed by atoms with Crippen LogP contribution in [0.1, 0.15) is 59.4 Å². The zero-order valence-corrected chi connectivity index (χ0v) is 16.6. The molecule has 0 aliphatic rings. The Labute approximate surface area is 156 Å². The molecule has 0 aromatic heterocycles. The average Bonchev–Trinajstić information content (AvgIpc) is 2.49. The fourth-order valence-corrected chi connectivity index (χ4v) is 2.59. The number of benzene rings is 1. The Morgan fingerprint density at radius 2 is 1.69 bits per heavy atom. The smallest absolute Gasteiger partial charge is 0.408 e. The maximum atomic E-state index is 12.5. The Kier molecular flexibility index (Phi) is 8.08. The van der Waals surface area contributed by atoms with Crippen LogP contribution < -0.4 is 11.1 Å². The first-order valence-corrected chi connectivity index (χ1v) is 9.00. The summed E-state index contributed by atoms with van der Waals surface area (Å²) < 4.78 is 10.6. The minimum atomic E-state index is -0.844. The van der Waals surface area contributed by atoms with Crippen LogP contribution in [0.4, 0.5) is 4.79 Å². The first kappa shape index (κ1) is 22.0. The zero-order valence-electron chi connectivity index (χ0n) is 16.6. The Hall–Kier alpha value is -2.08. The molecule has 0 aliphatic carbocycles. The summed E-state index contributed by atoms with van der Waals surface area (Å²) in [4.78, 5) is 24.7. The number of hydrogen-bond acceptors (Lipinski definition) is 5. The van der Waals surface area contributed by atoms with E-state index in [0.717, 1.165) is 5.56 Å². The van der Waals surface area contributed by atoms with Gasteiger partial charge in [0.1, 0.15) is 11.6 Å². The SMILES string of the molecule is CC(C)OC(=O)[C@H](C[C@@H](c1ccccc1)[C@@H](C)N)NC(=O)OC(C)(C)C. The Morgan fingerprint density at radius 3 is 2.15 bits per heavy atom. The lowest BCUT2D eigenvalue weighted by atomic mass is 9.87. The van der Waals surface area contributed by atoms with Crippen LogP contribution in [0.25, 0.3) is 0 Å². The number of carbonyl (C=O) groups excluding carboxylic acids is 2. The topological polar surface area (TPSA) is 90.6 Å². The largest absolute Gasteiger partial charge is 0.461 e. The van der Waals surface area contributed by atoms with Crippen LogP contribution in [0.15, 0.2) is 30.3 Å². The molecule has 0 bridgehead atoms. The molecule has 146 valence electrons. The molecular weight excluding hydrogens is 332 g/mol. The summed E-state index contributed by atoms with van der Waals surface area (Å²) in [5.41, 5.74) is 6.51. The molecule has 0 fully saturated rings. The van der Waals surface area contributed by atoms with Crippen LogP contribution in [0.2, 0.25) is 0 Å². The van der Waals surface area contributed by atoms with Crippen LogP contribution in [-0.4, -0.2) is 35.9 Å². The van der Waals surface area contributed by atoms with Crippen LogP contribution in [-0.2, 0) is 14.3 Å². The molecule has 0 saturated carbocycles. The molecule has 3 N–H and O–H groups in total. The third kappa shape index (κ3) is 7.87. The van der Waals surface area contributed by atoms with E-state index < -0.39 is 23.7 Å². The Bertz CT molecular complexity index is 579. The van der Waals surface area contributed by atoms with E-state index in [4.69, 9.17) is 15.2 Å². The van der Waals surface area contributed by atoms with Gasteiger partial charge >= 0.3 is 12.1 Å². The van der Waals surface area contributed by atoms with Crippen LogP contribution in [0.5, 0.6) is 0 Å². The highest BCUT2D eigenvalue weighted by molar-refractivity contribution is 5.81. The predicted molar refractivity (Wildman–Crippen MR) is 102 cm³/mol. The van der Waals surface area contributed by atoms with Crippen molar-refractivity contribution in [3.8, 4) is 0 Å². The number of alkyl carbamates (subject to hydrolysis) is 1. The number of esters is 1. The van der Waals surface area contributed by atoms with E-state index in [1.807, 2.05) is 37.3 Å². The Balaban J connectivity index is 2.98. The van der Waals surface area contributed by atoms with Gasteiger partial charge in [0.25, 0.3) is 0 Å². The highest BCUT2D eigenvalue weighted by Gasteiger charge is 2.30. The van der Waals surface area contributed by atoms with Crippen molar-refractivity contribution in [1.29, 1.82) is 0 Å². The van der Waals surface area contributed by atoms with Gasteiger partial charge in [-0.3, -0.25) is 0 Å². The summed E-state index contributed by atoms with van der Waals surface area (Å²) in [6, 6.07) is 8.65. The summed E-state index contributed by atoms with van der Waals surface area (Å²) in [6.07, 6.45) is -0.609. The first-order chi connectivity index (χ1) is 12.0. The molecule has 0 spiro atoms. The molecule has 0 radical (unpaired) electrons. The second-order valence-electron chi connectivity index (χ2n) is 7.80. The molecule has 1 rings (SSSR count). The van der Waals surface area contributed by atoms with Gasteiger partial charge in [-0.2, -0.15) is 0 Å². The third-order valence-electron chi connectivity index (χ3n) is 3.68. The summed E-state index contributed by atoms with van der Waals surface area (Å²) in [5.74, 6) is -0.608. The van der Waals surface area contributed by atoms with E-state index in [1.165, 1.54) is 0 Å². The van der Waals surface area contributed by atoms with Crippen molar-refractivity contribution in [3.63, 3.8) is 0 Å². The monoisotopic (exact) mass is 364 g/mol. The van der Waals surface area contributed by atoms with Crippen molar-refractivity contribution in [2.75, 3.05) is 0 Å². The number of nitrogens with two attached hydrogens (primary N) is 1. The van der Waals surface area contributed by atoms with E-state index in [0.29, 0.717) is 6.42 Å². The normalized spacial score (nSPS) is 15.1. The average molecular weight is 364 g/mol. The number of hydrogen-bond donors (Lipinski definition) is 2. The first-order valence-electron chi connectivity index (χ1n) is 9.00. The van der Waals surface area contributed by atoms with E-state index >= 15 is 0 Å². The quantitative estimate of drug-likeness (QED) is 0.724. The zero-order chi connectivity index (χ0) is 19.9. The molecule has 0 heterocycles. The molecule has 1 aromatic carbocycles. The third-order valence-corrected chi connectivity index (χ3v) is 3.68. The summed E-state index contributed by atoms with van der Waals surface area (Å²) in [6.45, 7) is 10.7. The van der Waals surface area contributed by atoms with Gasteiger partial charge in [-0.15, -0.1) is 0 Å². The minimum Gasteiger partial charge on any atom is -0.461 e. The van der Waals surface area contributed by atoms with Crippen molar-refractivity contribution in [2.24, 2.45) is 5.73 Å². The second kappa shape index (κ2) is 9.57. The number of carbonyl (C=O) groups is 2. The van der Waals surface area contributed by atoms with Gasteiger partial charge < -0.3 is 20.5 Å². The fourth-order valence-electron chi connectivity index (χ4n) is 2.59. The van der Waals surface area contributed by atoms with Crippen LogP contribution in [0, 0.1) is 0 Å². The molecule has 1 aromatic rings. The molecule has 0 unspecified atom stereocenters. The van der Waals surface area contributed by atoms with Gasteiger partial charge in [0.2, 0.25) is 0 Å². The lowest BCUT2D eigenvalue weighted by Crippen LogP contribution is -2.46. The number of rotatable bonds is 7. The summed E-state index contributed by atoms with van der Waals surface area (Å²) in [7, 11) is 0. The maximum absolute atomic E-state index is 12.5. The highest BCUT2D eigenvalue weighted by Crippen LogP contribution is 2.25. The lowest BCUT2D eigenvalue weighted by Gasteiger charge is -2.28. The summed E-state index contributed by atoms with van der Waals surface area (Å²) >= 11 is 0. The molecule has 6 nitrogen and oxygen atoms in total. The fraction of sp³-hybridized carbons (Fsp3) is 0.600. The standard InChI is InChI=1S/C20H32N2O4/c1-13(2)25-18(23)17(22-19(24)26-20(4,5)6)12-16(14(3)21)15-10-8-7-9-11-15/h7-11,13-14,16-17H,12,21H2,1-6H3,(H,22,24)/t14-,16-,17+/m1/s1. The van der Waals surface area contributed by atoms with Gasteiger partial charge in [0.05, 0.1) is 6.10 Å². The van der Waals surface area contributed by atoms with Crippen LogP contribution in [0.3, 0.4) is 0 Å². The van der Waals surface area contributed by atoms with Crippen molar-refractivity contribution in [2.45, 2.75) is 77.7 Å². The maximum Gasteiger partial charge on any atom is 0.408 e. The molecule has 0 saturated heterocycles. The number of nitrogens with one attached hydrogen (secondary N) is 1. The van der Waals surface area contributed by atoms with Crippen molar-refractivity contribution < 1.29 is 19.1 Å². The van der Waals surface area contributed by atoms with E-state index in [9.17, 15) is 9.59 Å². The molecular formula is C20H32N2O4. The number of ether oxygens (including phenoxy) is 2. The summed E-state index contributed by atoms with van der Waals surface area (Å²) in [5, 5.41) is 2.64. The molecule has 6 heteroatoms. The predicted octanol–water partition coefficient (Wildman–Crippen LogP) is 3.35. The molecule has 1 amide bonds. The minimum absolute atomic E-state index is 0.115. The van der Waals surface area contributed by atoms with Gasteiger partial charge in [0.15, 0.2) is 0 Å². The lowest BCUT2D eigenvalue weighted by molar-refractivity contribution is -0.150. The molecule has 26 heavy (non-hydrogen) atoms. The van der Waals surface area contributed by atoms with Gasteiger partial charge in [0, 0.05) is 12.0 Å². The van der Waals surface area contributed by atoms with Crippen LogP contribution >= 0.6 is 0 Å². The molecule has 3 atom stereocenters. The van der Waals surface area contributed by atoms with E-state index in [-0.39, 0.29) is 18.1 Å². The van der Waals surface area contributed by atoms with Crippen molar-refractivity contribution in [1.82, 2.24) is 5.32 Å². The van der Waals surface area contributed by atoms with Crippen molar-refractivity contribution in [3.05, 3.63) is 35.9 Å². The van der Waals surface area contributed by atoms with E-state index in [1.54, 1.807) is 34.6 Å². The van der Waals surface area contributed by atoms with Crippen molar-refractivity contribution >= 4 is 12.1 Å². The van der Waals surface area contributed by atoms with Gasteiger partial charge in [-0.1, -0.05) is 30.3 Å². The number of amides is 1. The van der Waals surface area contributed by atoms with Gasteiger partial charge in [-0.25, -0.2) is 9.59 Å². The highest BCUT2D eigenvalue weighted by atomic mass is 16.6. The molecule has 0 aliphatic heterocycles. The van der Waals surface area contributed by atoms with Gasteiger partial charge in [-0.05, 0) is 53.5 Å². The Morgan fingerprint density at radius 1 is 1.12 bits per heavy atom. The van der Waals surface area contributed by atoms with E-state index in [2.05, 4.69) is 5.32 Å². The second-order valence-corrected chi connectivity index (χ2v) is 7.80.